The second kappa shape index (κ2) is 3.76. The summed E-state index contributed by atoms with van der Waals surface area (Å²) in [4.78, 5) is -0.562. The summed E-state index contributed by atoms with van der Waals surface area (Å²) in [5.74, 6) is -1.93. The normalized spacial score (nSPS) is 24.4. The van der Waals surface area contributed by atoms with E-state index >= 15 is 0 Å². The first kappa shape index (κ1) is 11.4. The molecule has 0 heterocycles. The van der Waals surface area contributed by atoms with E-state index in [2.05, 4.69) is 4.72 Å². The van der Waals surface area contributed by atoms with Crippen molar-refractivity contribution in [2.24, 2.45) is 5.73 Å². The van der Waals surface area contributed by atoms with Gasteiger partial charge in [-0.1, -0.05) is 0 Å². The molecule has 3 N–H and O–H groups in total. The Morgan fingerprint density at radius 1 is 1.38 bits per heavy atom. The Bertz CT molecular complexity index is 518. The first-order valence-corrected chi connectivity index (χ1v) is 6.11. The zero-order valence-corrected chi connectivity index (χ0v) is 8.97. The second-order valence-electron chi connectivity index (χ2n) is 3.70. The Balaban J connectivity index is 2.28. The van der Waals surface area contributed by atoms with Crippen molar-refractivity contribution in [2.45, 2.75) is 23.4 Å². The first-order chi connectivity index (χ1) is 7.40. The monoisotopic (exact) mass is 248 g/mol. The molecule has 0 radical (unpaired) electrons. The van der Waals surface area contributed by atoms with Crippen molar-refractivity contribution in [3.05, 3.63) is 29.8 Å². The van der Waals surface area contributed by atoms with E-state index in [4.69, 9.17) is 5.73 Å². The van der Waals surface area contributed by atoms with E-state index in [9.17, 15) is 17.2 Å². The number of halogens is 2. The summed E-state index contributed by atoms with van der Waals surface area (Å²) in [5, 5.41) is 0. The Labute approximate surface area is 91.5 Å². The average Bonchev–Trinajstić information content (AvgIpc) is 2.79. The second-order valence-corrected chi connectivity index (χ2v) is 5.38. The fraction of sp³-hybridized carbons (Fsp3) is 0.333. The summed E-state index contributed by atoms with van der Waals surface area (Å²) < 4.78 is 51.3. The Kier molecular flexibility index (Phi) is 2.69. The lowest BCUT2D eigenvalue weighted by Crippen LogP contribution is -2.30. The van der Waals surface area contributed by atoms with Crippen LogP contribution in [0.15, 0.2) is 23.1 Å². The smallest absolute Gasteiger partial charge is 0.243 e. The summed E-state index contributed by atoms with van der Waals surface area (Å²) in [6.45, 7) is 0. The van der Waals surface area contributed by atoms with E-state index < -0.39 is 26.6 Å². The van der Waals surface area contributed by atoms with Crippen molar-refractivity contribution in [1.82, 2.24) is 4.72 Å². The highest BCUT2D eigenvalue weighted by molar-refractivity contribution is 7.89. The third-order valence-corrected chi connectivity index (χ3v) is 3.85. The van der Waals surface area contributed by atoms with Gasteiger partial charge in [0.05, 0.1) is 0 Å². The molecule has 2 rings (SSSR count). The van der Waals surface area contributed by atoms with E-state index in [0.717, 1.165) is 12.1 Å². The molecule has 4 nitrogen and oxygen atoms in total. The minimum Gasteiger partial charge on any atom is -0.326 e. The number of hydrogen-bond donors (Lipinski definition) is 2. The minimum atomic E-state index is -3.95. The molecule has 1 aromatic rings. The predicted octanol–water partition coefficient (Wildman–Crippen LogP) is 0.343. The van der Waals surface area contributed by atoms with Gasteiger partial charge in [-0.25, -0.2) is 21.9 Å². The molecule has 0 aliphatic heterocycles. The van der Waals surface area contributed by atoms with Gasteiger partial charge < -0.3 is 5.73 Å². The lowest BCUT2D eigenvalue weighted by atomic mass is 10.3. The van der Waals surface area contributed by atoms with Gasteiger partial charge in [-0.15, -0.1) is 0 Å². The topological polar surface area (TPSA) is 72.2 Å². The molecule has 1 aliphatic rings. The van der Waals surface area contributed by atoms with Crippen molar-refractivity contribution in [1.29, 1.82) is 0 Å². The lowest BCUT2D eigenvalue weighted by Gasteiger charge is -2.06. The van der Waals surface area contributed by atoms with Gasteiger partial charge in [-0.05, 0) is 18.6 Å². The maximum atomic E-state index is 13.2. The van der Waals surface area contributed by atoms with Crippen LogP contribution in [0.3, 0.4) is 0 Å². The third kappa shape index (κ3) is 2.21. The van der Waals surface area contributed by atoms with Gasteiger partial charge >= 0.3 is 0 Å². The fourth-order valence-electron chi connectivity index (χ4n) is 1.31. The predicted molar refractivity (Wildman–Crippen MR) is 53.1 cm³/mol. The van der Waals surface area contributed by atoms with E-state index in [1.54, 1.807) is 0 Å². The maximum Gasteiger partial charge on any atom is 0.243 e. The highest BCUT2D eigenvalue weighted by Crippen LogP contribution is 2.22. The number of nitrogens with one attached hydrogen (secondary N) is 1. The average molecular weight is 248 g/mol. The van der Waals surface area contributed by atoms with Crippen molar-refractivity contribution in [3.63, 3.8) is 0 Å². The van der Waals surface area contributed by atoms with Gasteiger partial charge in [-0.2, -0.15) is 0 Å². The van der Waals surface area contributed by atoms with Crippen LogP contribution in [0.1, 0.15) is 6.42 Å². The Morgan fingerprint density at radius 3 is 2.50 bits per heavy atom. The maximum absolute atomic E-state index is 13.2. The van der Waals surface area contributed by atoms with Gasteiger partial charge in [0, 0.05) is 18.2 Å². The molecule has 16 heavy (non-hydrogen) atoms. The standard InChI is InChI=1S/C9H10F2N2O2S/c10-5-1-2-9(6(11)3-5)16(14,15)13-8-4-7(8)12/h1-3,7-8,13H,4,12H2. The van der Waals surface area contributed by atoms with Crippen LogP contribution in [0, 0.1) is 11.6 Å². The number of nitrogens with two attached hydrogens (primary N) is 1. The van der Waals surface area contributed by atoms with Crippen LogP contribution >= 0.6 is 0 Å². The molecular weight excluding hydrogens is 238 g/mol. The van der Waals surface area contributed by atoms with Gasteiger partial charge in [0.2, 0.25) is 10.0 Å². The molecule has 2 atom stereocenters. The molecule has 88 valence electrons. The molecule has 1 fully saturated rings. The van der Waals surface area contributed by atoms with Crippen LogP contribution in [-0.4, -0.2) is 20.5 Å². The van der Waals surface area contributed by atoms with Crippen molar-refractivity contribution >= 4 is 10.0 Å². The number of hydrogen-bond acceptors (Lipinski definition) is 3. The quantitative estimate of drug-likeness (QED) is 0.810. The summed E-state index contributed by atoms with van der Waals surface area (Å²) in [6, 6.07) is 1.74. The lowest BCUT2D eigenvalue weighted by molar-refractivity contribution is 0.542. The van der Waals surface area contributed by atoms with E-state index in [1.807, 2.05) is 0 Å². The number of rotatable bonds is 3. The van der Waals surface area contributed by atoms with Crippen LogP contribution in [0.25, 0.3) is 0 Å². The summed E-state index contributed by atoms with van der Waals surface area (Å²) in [5.41, 5.74) is 5.43. The molecule has 1 aliphatic carbocycles. The van der Waals surface area contributed by atoms with Crippen LogP contribution in [0.2, 0.25) is 0 Å². The van der Waals surface area contributed by atoms with E-state index in [0.29, 0.717) is 12.5 Å². The van der Waals surface area contributed by atoms with Crippen LogP contribution in [-0.2, 0) is 10.0 Å². The van der Waals surface area contributed by atoms with Gasteiger partial charge in [0.1, 0.15) is 16.5 Å². The van der Waals surface area contributed by atoms with Crippen molar-refractivity contribution in [3.8, 4) is 0 Å². The Morgan fingerprint density at radius 2 is 2.00 bits per heavy atom. The molecule has 1 aromatic carbocycles. The summed E-state index contributed by atoms with van der Waals surface area (Å²) in [6.07, 6.45) is 0.530. The first-order valence-electron chi connectivity index (χ1n) is 4.63. The zero-order valence-electron chi connectivity index (χ0n) is 8.15. The van der Waals surface area contributed by atoms with Gasteiger partial charge in [0.25, 0.3) is 0 Å². The van der Waals surface area contributed by atoms with Gasteiger partial charge in [0.15, 0.2) is 0 Å². The third-order valence-electron chi connectivity index (χ3n) is 2.33. The van der Waals surface area contributed by atoms with Crippen LogP contribution < -0.4 is 10.5 Å². The molecular formula is C9H10F2N2O2S. The van der Waals surface area contributed by atoms with Gasteiger partial charge in [-0.3, -0.25) is 0 Å². The van der Waals surface area contributed by atoms with E-state index in [-0.39, 0.29) is 12.1 Å². The zero-order chi connectivity index (χ0) is 11.9. The molecule has 0 aromatic heterocycles. The SMILES string of the molecule is NC1CC1NS(=O)(=O)c1ccc(F)cc1F. The summed E-state index contributed by atoms with van der Waals surface area (Å²) in [7, 11) is -3.95. The number of sulfonamides is 1. The molecule has 1 saturated carbocycles. The molecule has 0 amide bonds. The molecule has 0 spiro atoms. The largest absolute Gasteiger partial charge is 0.326 e. The summed E-state index contributed by atoms with van der Waals surface area (Å²) >= 11 is 0. The van der Waals surface area contributed by atoms with Crippen molar-refractivity contribution in [2.75, 3.05) is 0 Å². The number of benzene rings is 1. The minimum absolute atomic E-state index is 0.224. The highest BCUT2D eigenvalue weighted by Gasteiger charge is 2.37. The van der Waals surface area contributed by atoms with Crippen LogP contribution in [0.5, 0.6) is 0 Å². The molecule has 0 saturated heterocycles. The fourth-order valence-corrected chi connectivity index (χ4v) is 2.67. The van der Waals surface area contributed by atoms with E-state index in [1.165, 1.54) is 0 Å². The Hall–Kier alpha value is -1.05. The van der Waals surface area contributed by atoms with Crippen LogP contribution in [0.4, 0.5) is 8.78 Å². The highest BCUT2D eigenvalue weighted by atomic mass is 32.2. The molecule has 7 heteroatoms. The molecule has 2 unspecified atom stereocenters. The molecule has 0 bridgehead atoms. The van der Waals surface area contributed by atoms with Crippen molar-refractivity contribution < 1.29 is 17.2 Å².